The predicted octanol–water partition coefficient (Wildman–Crippen LogP) is 7.06. The first-order chi connectivity index (χ1) is 19.2. The molecular formula is C29H26ClF4N5O2. The van der Waals surface area contributed by atoms with Crippen LogP contribution in [0.15, 0.2) is 54.6 Å². The molecule has 214 valence electrons. The maximum atomic E-state index is 14.7. The average Bonchev–Trinajstić information content (AvgIpc) is 2.90. The Labute approximate surface area is 238 Å². The lowest BCUT2D eigenvalue weighted by Gasteiger charge is -2.18. The monoisotopic (exact) mass is 587 g/mol. The van der Waals surface area contributed by atoms with Crippen molar-refractivity contribution in [3.63, 3.8) is 0 Å². The fraction of sp³-hybridized carbons (Fsp3) is 0.241. The van der Waals surface area contributed by atoms with E-state index in [0.29, 0.717) is 34.0 Å². The second kappa shape index (κ2) is 11.3. The topological polar surface area (TPSA) is 96.0 Å². The van der Waals surface area contributed by atoms with Gasteiger partial charge in [-0.15, -0.1) is 0 Å². The van der Waals surface area contributed by atoms with E-state index in [-0.39, 0.29) is 34.4 Å². The average molecular weight is 588 g/mol. The summed E-state index contributed by atoms with van der Waals surface area (Å²) in [5.41, 5.74) is -0.417. The molecule has 7 nitrogen and oxygen atoms in total. The first-order valence-electron chi connectivity index (χ1n) is 12.4. The molecule has 0 bridgehead atoms. The zero-order valence-corrected chi connectivity index (χ0v) is 23.3. The molecule has 0 saturated carbocycles. The van der Waals surface area contributed by atoms with Crippen LogP contribution in [0.25, 0.3) is 22.3 Å². The highest BCUT2D eigenvalue weighted by atomic mass is 35.5. The van der Waals surface area contributed by atoms with Crippen molar-refractivity contribution in [1.82, 2.24) is 15.3 Å². The van der Waals surface area contributed by atoms with Crippen molar-refractivity contribution < 1.29 is 27.2 Å². The van der Waals surface area contributed by atoms with Gasteiger partial charge in [0.1, 0.15) is 11.6 Å². The summed E-state index contributed by atoms with van der Waals surface area (Å²) in [4.78, 5) is 33.9. The molecule has 3 N–H and O–H groups in total. The van der Waals surface area contributed by atoms with Crippen molar-refractivity contribution in [2.75, 3.05) is 17.7 Å². The zero-order valence-electron chi connectivity index (χ0n) is 22.5. The number of anilines is 2. The number of hydrogen-bond acceptors (Lipinski definition) is 5. The Kier molecular flexibility index (Phi) is 8.21. The first kappa shape index (κ1) is 29.7. The fourth-order valence-electron chi connectivity index (χ4n) is 3.89. The number of nitrogens with one attached hydrogen (secondary N) is 3. The molecule has 2 amide bonds. The molecule has 0 saturated heterocycles. The molecule has 4 aromatic rings. The third-order valence-corrected chi connectivity index (χ3v) is 6.47. The second-order valence-corrected chi connectivity index (χ2v) is 10.7. The molecule has 1 aromatic heterocycles. The number of benzene rings is 3. The molecule has 0 radical (unpaired) electrons. The van der Waals surface area contributed by atoms with E-state index in [1.807, 2.05) is 0 Å². The van der Waals surface area contributed by atoms with Crippen LogP contribution >= 0.6 is 11.6 Å². The number of fused-ring (bicyclic) bond motifs is 1. The molecule has 0 unspecified atom stereocenters. The lowest BCUT2D eigenvalue weighted by molar-refractivity contribution is -0.137. The fourth-order valence-corrected chi connectivity index (χ4v) is 4.10. The zero-order chi connectivity index (χ0) is 30.1. The number of carbonyl (C=O) groups excluding carboxylic acids is 2. The highest BCUT2D eigenvalue weighted by Gasteiger charge is 2.31. The lowest BCUT2D eigenvalue weighted by Crippen LogP contribution is -2.34. The highest BCUT2D eigenvalue weighted by Crippen LogP contribution is 2.33. The highest BCUT2D eigenvalue weighted by molar-refractivity contribution is 6.34. The third kappa shape index (κ3) is 6.74. The van der Waals surface area contributed by atoms with Crippen molar-refractivity contribution in [1.29, 1.82) is 0 Å². The van der Waals surface area contributed by atoms with E-state index in [4.69, 9.17) is 11.6 Å². The van der Waals surface area contributed by atoms with Gasteiger partial charge in [0.2, 0.25) is 5.91 Å². The van der Waals surface area contributed by atoms with Crippen LogP contribution in [-0.2, 0) is 17.5 Å². The number of nitrogens with zero attached hydrogens (tertiary/aromatic N) is 2. The normalized spacial score (nSPS) is 11.8. The van der Waals surface area contributed by atoms with Gasteiger partial charge in [0.05, 0.1) is 27.2 Å². The van der Waals surface area contributed by atoms with Crippen LogP contribution in [0.1, 0.15) is 42.3 Å². The van der Waals surface area contributed by atoms with Crippen molar-refractivity contribution in [2.24, 2.45) is 5.41 Å². The van der Waals surface area contributed by atoms with Gasteiger partial charge in [0.15, 0.2) is 5.82 Å². The SMILES string of the molecule is CNc1nc(-c2ccc(C(F)(F)F)cc2F)nc2cc(NC(=O)c3cc(CNC(=O)C(C)(C)C)ccc3Cl)ccc12. The van der Waals surface area contributed by atoms with E-state index < -0.39 is 28.9 Å². The molecule has 41 heavy (non-hydrogen) atoms. The number of alkyl halides is 3. The number of halogens is 5. The van der Waals surface area contributed by atoms with E-state index in [0.717, 1.165) is 12.1 Å². The summed E-state index contributed by atoms with van der Waals surface area (Å²) in [7, 11) is 1.59. The maximum Gasteiger partial charge on any atom is 0.416 e. The van der Waals surface area contributed by atoms with Crippen LogP contribution in [-0.4, -0.2) is 28.8 Å². The Morgan fingerprint density at radius 3 is 2.32 bits per heavy atom. The molecule has 1 heterocycles. The minimum atomic E-state index is -4.70. The van der Waals surface area contributed by atoms with Gasteiger partial charge in [-0.2, -0.15) is 13.2 Å². The van der Waals surface area contributed by atoms with Crippen LogP contribution < -0.4 is 16.0 Å². The van der Waals surface area contributed by atoms with Gasteiger partial charge >= 0.3 is 6.18 Å². The van der Waals surface area contributed by atoms with Gasteiger partial charge in [0, 0.05) is 30.1 Å². The standard InChI is InChI=1S/C29H26ClF4N5O2/c1-28(2,3)27(41)36-14-15-5-10-21(30)20(11-15)26(40)37-17-7-9-19-23(13-17)38-25(39-24(19)35-4)18-8-6-16(12-22(18)31)29(32,33)34/h5-13H,14H2,1-4H3,(H,36,41)(H,37,40)(H,35,38,39). The Hall–Kier alpha value is -4.25. The largest absolute Gasteiger partial charge is 0.416 e. The molecule has 3 aromatic carbocycles. The summed E-state index contributed by atoms with van der Waals surface area (Å²) in [5, 5.41) is 9.19. The van der Waals surface area contributed by atoms with Gasteiger partial charge in [-0.25, -0.2) is 14.4 Å². The molecule has 0 atom stereocenters. The van der Waals surface area contributed by atoms with E-state index >= 15 is 0 Å². The molecule has 0 spiro atoms. The van der Waals surface area contributed by atoms with Crippen molar-refractivity contribution in [3.05, 3.63) is 82.1 Å². The molecule has 4 rings (SSSR count). The molecule has 0 fully saturated rings. The molecule has 12 heteroatoms. The first-order valence-corrected chi connectivity index (χ1v) is 12.8. The minimum Gasteiger partial charge on any atom is -0.373 e. The lowest BCUT2D eigenvalue weighted by atomic mass is 9.95. The van der Waals surface area contributed by atoms with E-state index in [2.05, 4.69) is 25.9 Å². The van der Waals surface area contributed by atoms with Crippen molar-refractivity contribution in [2.45, 2.75) is 33.5 Å². The molecular weight excluding hydrogens is 562 g/mol. The van der Waals surface area contributed by atoms with Crippen LogP contribution in [0.5, 0.6) is 0 Å². The Morgan fingerprint density at radius 2 is 1.68 bits per heavy atom. The smallest absolute Gasteiger partial charge is 0.373 e. The summed E-state index contributed by atoms with van der Waals surface area (Å²) in [5.74, 6) is -1.61. The second-order valence-electron chi connectivity index (χ2n) is 10.3. The summed E-state index contributed by atoms with van der Waals surface area (Å²) in [6, 6.07) is 11.8. The Morgan fingerprint density at radius 1 is 0.951 bits per heavy atom. The molecule has 0 aliphatic carbocycles. The predicted molar refractivity (Wildman–Crippen MR) is 150 cm³/mol. The van der Waals surface area contributed by atoms with Crippen molar-refractivity contribution >= 4 is 45.8 Å². The van der Waals surface area contributed by atoms with Crippen LogP contribution in [0.4, 0.5) is 29.1 Å². The van der Waals surface area contributed by atoms with Gasteiger partial charge < -0.3 is 16.0 Å². The number of carbonyl (C=O) groups is 2. The number of hydrogen-bond donors (Lipinski definition) is 3. The van der Waals surface area contributed by atoms with Gasteiger partial charge in [-0.3, -0.25) is 9.59 Å². The summed E-state index contributed by atoms with van der Waals surface area (Å²) in [6.45, 7) is 5.58. The quantitative estimate of drug-likeness (QED) is 0.210. The minimum absolute atomic E-state index is 0.135. The maximum absolute atomic E-state index is 14.7. The number of rotatable bonds is 6. The number of aromatic nitrogens is 2. The number of amides is 2. The van der Waals surface area contributed by atoms with Gasteiger partial charge in [-0.1, -0.05) is 38.4 Å². The molecule has 0 aliphatic heterocycles. The van der Waals surface area contributed by atoms with Gasteiger partial charge in [0.25, 0.3) is 5.91 Å². The summed E-state index contributed by atoms with van der Waals surface area (Å²) in [6.07, 6.45) is -4.70. The van der Waals surface area contributed by atoms with Gasteiger partial charge in [-0.05, 0) is 54.1 Å². The summed E-state index contributed by atoms with van der Waals surface area (Å²) < 4.78 is 53.7. The Bertz CT molecular complexity index is 1650. The van der Waals surface area contributed by atoms with Crippen LogP contribution in [0.3, 0.4) is 0 Å². The third-order valence-electron chi connectivity index (χ3n) is 6.14. The van der Waals surface area contributed by atoms with Crippen LogP contribution in [0.2, 0.25) is 5.02 Å². The molecule has 0 aliphatic rings. The Balaban J connectivity index is 1.63. The van der Waals surface area contributed by atoms with Crippen LogP contribution in [0, 0.1) is 11.2 Å². The van der Waals surface area contributed by atoms with E-state index in [1.165, 1.54) is 6.07 Å². The summed E-state index contributed by atoms with van der Waals surface area (Å²) >= 11 is 6.29. The van der Waals surface area contributed by atoms with E-state index in [1.54, 1.807) is 58.2 Å². The van der Waals surface area contributed by atoms with Crippen molar-refractivity contribution in [3.8, 4) is 11.4 Å². The van der Waals surface area contributed by atoms with E-state index in [9.17, 15) is 27.2 Å².